The van der Waals surface area contributed by atoms with Gasteiger partial charge in [-0.2, -0.15) is 0 Å². The maximum absolute atomic E-state index is 10.1. The smallest absolute Gasteiger partial charge is 0.103 e. The molecule has 3 nitrogen and oxygen atoms in total. The first-order valence-electron chi connectivity index (χ1n) is 6.49. The Bertz CT molecular complexity index is 389. The van der Waals surface area contributed by atoms with Crippen molar-refractivity contribution in [3.8, 4) is 0 Å². The van der Waals surface area contributed by atoms with Gasteiger partial charge in [-0.1, -0.05) is 20.8 Å². The number of ether oxygens (including phenoxy) is 1. The minimum absolute atomic E-state index is 0.223. The Kier molecular flexibility index (Phi) is 4.11. The summed E-state index contributed by atoms with van der Waals surface area (Å²) in [6.45, 7) is 9.25. The van der Waals surface area contributed by atoms with Crippen molar-refractivity contribution >= 4 is 11.3 Å². The summed E-state index contributed by atoms with van der Waals surface area (Å²) in [6.07, 6.45) is 0.734. The van der Waals surface area contributed by atoms with E-state index < -0.39 is 5.60 Å². The van der Waals surface area contributed by atoms with E-state index in [1.807, 2.05) is 11.3 Å². The van der Waals surface area contributed by atoms with Crippen molar-refractivity contribution in [3.63, 3.8) is 0 Å². The summed E-state index contributed by atoms with van der Waals surface area (Å²) in [7, 11) is 0. The van der Waals surface area contributed by atoms with Crippen LogP contribution < -0.4 is 5.32 Å². The van der Waals surface area contributed by atoms with E-state index in [1.54, 1.807) is 0 Å². The molecule has 1 saturated heterocycles. The van der Waals surface area contributed by atoms with Gasteiger partial charge in [0.05, 0.1) is 6.61 Å². The molecule has 0 aliphatic carbocycles. The van der Waals surface area contributed by atoms with Gasteiger partial charge in [-0.3, -0.25) is 0 Å². The van der Waals surface area contributed by atoms with Crippen molar-refractivity contribution in [1.82, 2.24) is 5.32 Å². The Morgan fingerprint density at radius 1 is 1.44 bits per heavy atom. The van der Waals surface area contributed by atoms with Crippen LogP contribution in [0, 0.1) is 0 Å². The second-order valence-corrected chi connectivity index (χ2v) is 7.31. The van der Waals surface area contributed by atoms with E-state index in [1.165, 1.54) is 9.75 Å². The van der Waals surface area contributed by atoms with Gasteiger partial charge in [-0.15, -0.1) is 11.3 Å². The summed E-state index contributed by atoms with van der Waals surface area (Å²) in [5.41, 5.74) is -0.440. The third-order valence-electron chi connectivity index (χ3n) is 3.24. The van der Waals surface area contributed by atoms with Crippen molar-refractivity contribution in [2.45, 2.75) is 44.8 Å². The second kappa shape index (κ2) is 5.29. The third-order valence-corrected chi connectivity index (χ3v) is 4.75. The Morgan fingerprint density at radius 2 is 2.22 bits per heavy atom. The predicted octanol–water partition coefficient (Wildman–Crippen LogP) is 2.29. The molecule has 0 spiro atoms. The lowest BCUT2D eigenvalue weighted by Crippen LogP contribution is -2.40. The number of nitrogens with one attached hydrogen (secondary N) is 1. The average Bonchev–Trinajstić information content (AvgIpc) is 2.87. The van der Waals surface area contributed by atoms with Crippen LogP contribution in [0.2, 0.25) is 0 Å². The molecule has 0 bridgehead atoms. The Hall–Kier alpha value is -0.420. The summed E-state index contributed by atoms with van der Waals surface area (Å²) in [5.74, 6) is 0. The van der Waals surface area contributed by atoms with E-state index in [2.05, 4.69) is 38.2 Å². The first-order chi connectivity index (χ1) is 8.39. The van der Waals surface area contributed by atoms with E-state index >= 15 is 0 Å². The largest absolute Gasteiger partial charge is 0.386 e. The lowest BCUT2D eigenvalue weighted by molar-refractivity contribution is 0.0269. The van der Waals surface area contributed by atoms with Crippen molar-refractivity contribution in [2.24, 2.45) is 0 Å². The lowest BCUT2D eigenvalue weighted by Gasteiger charge is -2.20. The summed E-state index contributed by atoms with van der Waals surface area (Å²) < 4.78 is 5.22. The molecule has 1 aromatic rings. The lowest BCUT2D eigenvalue weighted by atomic mass is 9.95. The van der Waals surface area contributed by atoms with E-state index in [9.17, 15) is 5.11 Å². The molecular formula is C14H23NO2S. The van der Waals surface area contributed by atoms with Crippen molar-refractivity contribution in [2.75, 3.05) is 19.8 Å². The quantitative estimate of drug-likeness (QED) is 0.881. The average molecular weight is 269 g/mol. The van der Waals surface area contributed by atoms with E-state index in [0.29, 0.717) is 19.8 Å². The molecule has 102 valence electrons. The van der Waals surface area contributed by atoms with E-state index in [0.717, 1.165) is 13.0 Å². The second-order valence-electron chi connectivity index (χ2n) is 6.15. The molecule has 4 heteroatoms. The zero-order chi connectivity index (χ0) is 13.2. The van der Waals surface area contributed by atoms with E-state index in [-0.39, 0.29) is 5.41 Å². The maximum atomic E-state index is 10.1. The Balaban J connectivity index is 1.82. The zero-order valence-electron chi connectivity index (χ0n) is 11.5. The molecule has 1 aliphatic heterocycles. The predicted molar refractivity (Wildman–Crippen MR) is 75.1 cm³/mol. The monoisotopic (exact) mass is 269 g/mol. The minimum Gasteiger partial charge on any atom is -0.386 e. The fourth-order valence-electron chi connectivity index (χ4n) is 2.03. The van der Waals surface area contributed by atoms with Crippen LogP contribution in [-0.4, -0.2) is 30.5 Å². The SMILES string of the molecule is CC(C)(C)c1ccc(CNCC2(O)CCOC2)s1. The summed E-state index contributed by atoms with van der Waals surface area (Å²) in [6, 6.07) is 4.38. The number of rotatable bonds is 4. The molecular weight excluding hydrogens is 246 g/mol. The number of hydrogen-bond donors (Lipinski definition) is 2. The molecule has 2 heterocycles. The standard InChI is InChI=1S/C14H23NO2S/c1-13(2,3)12-5-4-11(18-12)8-15-9-14(16)6-7-17-10-14/h4-5,15-16H,6-10H2,1-3H3. The molecule has 2 N–H and O–H groups in total. The van der Waals surface area contributed by atoms with Gasteiger partial charge >= 0.3 is 0 Å². The van der Waals surface area contributed by atoms with Crippen LogP contribution in [0.3, 0.4) is 0 Å². The molecule has 0 amide bonds. The number of thiophene rings is 1. The first kappa shape index (κ1) is 14.0. The summed E-state index contributed by atoms with van der Waals surface area (Å²) >= 11 is 1.85. The summed E-state index contributed by atoms with van der Waals surface area (Å²) in [5, 5.41) is 13.4. The molecule has 1 aromatic heterocycles. The van der Waals surface area contributed by atoms with Crippen molar-refractivity contribution in [3.05, 3.63) is 21.9 Å². The van der Waals surface area contributed by atoms with Gasteiger partial charge < -0.3 is 15.2 Å². The molecule has 1 aliphatic rings. The maximum Gasteiger partial charge on any atom is 0.103 e. The summed E-state index contributed by atoms with van der Waals surface area (Å²) in [4.78, 5) is 2.73. The van der Waals surface area contributed by atoms with Crippen molar-refractivity contribution < 1.29 is 9.84 Å². The van der Waals surface area contributed by atoms with Gasteiger partial charge in [-0.25, -0.2) is 0 Å². The van der Waals surface area contributed by atoms with Crippen LogP contribution >= 0.6 is 11.3 Å². The van der Waals surface area contributed by atoms with Crippen LogP contribution in [0.25, 0.3) is 0 Å². The topological polar surface area (TPSA) is 41.5 Å². The van der Waals surface area contributed by atoms with Gasteiger partial charge in [0, 0.05) is 35.9 Å². The molecule has 0 aromatic carbocycles. The van der Waals surface area contributed by atoms with Gasteiger partial charge in [0.2, 0.25) is 0 Å². The molecule has 0 saturated carbocycles. The highest BCUT2D eigenvalue weighted by molar-refractivity contribution is 7.12. The normalized spacial score (nSPS) is 24.7. The van der Waals surface area contributed by atoms with E-state index in [4.69, 9.17) is 4.74 Å². The molecule has 1 fully saturated rings. The fraction of sp³-hybridized carbons (Fsp3) is 0.714. The van der Waals surface area contributed by atoms with Crippen LogP contribution in [-0.2, 0) is 16.7 Å². The highest BCUT2D eigenvalue weighted by Gasteiger charge is 2.31. The van der Waals surface area contributed by atoms with Crippen LogP contribution in [0.1, 0.15) is 36.9 Å². The Morgan fingerprint density at radius 3 is 2.78 bits per heavy atom. The van der Waals surface area contributed by atoms with Crippen LogP contribution in [0.5, 0.6) is 0 Å². The first-order valence-corrected chi connectivity index (χ1v) is 7.31. The van der Waals surface area contributed by atoms with Gasteiger partial charge in [0.1, 0.15) is 5.60 Å². The van der Waals surface area contributed by atoms with Gasteiger partial charge in [-0.05, 0) is 17.5 Å². The highest BCUT2D eigenvalue weighted by Crippen LogP contribution is 2.29. The molecule has 0 radical (unpaired) electrons. The molecule has 1 atom stereocenters. The van der Waals surface area contributed by atoms with Gasteiger partial charge in [0.15, 0.2) is 0 Å². The van der Waals surface area contributed by atoms with Crippen molar-refractivity contribution in [1.29, 1.82) is 0 Å². The zero-order valence-corrected chi connectivity index (χ0v) is 12.3. The fourth-order valence-corrected chi connectivity index (χ4v) is 3.07. The molecule has 2 rings (SSSR count). The highest BCUT2D eigenvalue weighted by atomic mass is 32.1. The molecule has 1 unspecified atom stereocenters. The molecule has 18 heavy (non-hydrogen) atoms. The van der Waals surface area contributed by atoms with Gasteiger partial charge in [0.25, 0.3) is 0 Å². The third kappa shape index (κ3) is 3.54. The number of aliphatic hydroxyl groups is 1. The number of hydrogen-bond acceptors (Lipinski definition) is 4. The minimum atomic E-state index is -0.663. The van der Waals surface area contributed by atoms with Crippen LogP contribution in [0.4, 0.5) is 0 Å². The van der Waals surface area contributed by atoms with Crippen LogP contribution in [0.15, 0.2) is 12.1 Å². The Labute approximate surface area is 113 Å².